The summed E-state index contributed by atoms with van der Waals surface area (Å²) in [7, 11) is 0. The number of ketones is 1. The molecule has 0 aromatic heterocycles. The van der Waals surface area contributed by atoms with Gasteiger partial charge in [0.05, 0.1) is 0 Å². The zero-order valence-electron chi connectivity index (χ0n) is 9.14. The van der Waals surface area contributed by atoms with Crippen molar-refractivity contribution in [3.05, 3.63) is 46.5 Å². The predicted octanol–water partition coefficient (Wildman–Crippen LogP) is 4.19. The van der Waals surface area contributed by atoms with E-state index in [0.29, 0.717) is 16.2 Å². The van der Waals surface area contributed by atoms with Gasteiger partial charge in [-0.2, -0.15) is 0 Å². The van der Waals surface area contributed by atoms with Crippen LogP contribution in [0.25, 0.3) is 0 Å². The Labute approximate surface area is 95.8 Å². The first-order valence-corrected chi connectivity index (χ1v) is 5.42. The highest BCUT2D eigenvalue weighted by molar-refractivity contribution is 6.31. The van der Waals surface area contributed by atoms with Crippen LogP contribution in [-0.2, 0) is 0 Å². The molecule has 1 rings (SSSR count). The first-order valence-electron chi connectivity index (χ1n) is 5.05. The van der Waals surface area contributed by atoms with Gasteiger partial charge in [0.1, 0.15) is 0 Å². The van der Waals surface area contributed by atoms with Gasteiger partial charge in [0.2, 0.25) is 0 Å². The summed E-state index contributed by atoms with van der Waals surface area (Å²) in [5.41, 5.74) is 2.26. The van der Waals surface area contributed by atoms with Crippen LogP contribution in [-0.4, -0.2) is 5.78 Å². The molecular weight excluding hydrogens is 208 g/mol. The van der Waals surface area contributed by atoms with Crippen LogP contribution in [0.2, 0.25) is 5.02 Å². The van der Waals surface area contributed by atoms with Crippen molar-refractivity contribution in [1.29, 1.82) is 0 Å². The molecular formula is C13H15ClO. The molecule has 80 valence electrons. The molecule has 0 aliphatic heterocycles. The van der Waals surface area contributed by atoms with E-state index >= 15 is 0 Å². The lowest BCUT2D eigenvalue weighted by atomic mass is 10.0. The van der Waals surface area contributed by atoms with Crippen LogP contribution in [0.1, 0.15) is 35.7 Å². The Morgan fingerprint density at radius 1 is 1.47 bits per heavy atom. The second-order valence-corrected chi connectivity index (χ2v) is 4.05. The van der Waals surface area contributed by atoms with Gasteiger partial charge in [-0.3, -0.25) is 4.79 Å². The molecule has 0 spiro atoms. The monoisotopic (exact) mass is 222 g/mol. The van der Waals surface area contributed by atoms with E-state index in [-0.39, 0.29) is 5.78 Å². The third-order valence-corrected chi connectivity index (χ3v) is 2.71. The minimum Gasteiger partial charge on any atom is -0.289 e. The molecule has 0 saturated carbocycles. The van der Waals surface area contributed by atoms with Crippen LogP contribution >= 0.6 is 11.6 Å². The van der Waals surface area contributed by atoms with E-state index in [1.165, 1.54) is 0 Å². The minimum absolute atomic E-state index is 0.00116. The molecule has 0 radical (unpaired) electrons. The fourth-order valence-electron chi connectivity index (χ4n) is 1.35. The maximum Gasteiger partial charge on any atom is 0.188 e. The first-order chi connectivity index (χ1) is 7.06. The standard InChI is InChI=1S/C13H15ClO/c1-4-5-10(3)13(15)11-7-6-9(2)12(14)8-11/h6-8H,3-5H2,1-2H3. The minimum atomic E-state index is -0.00116. The Morgan fingerprint density at radius 3 is 2.67 bits per heavy atom. The third kappa shape index (κ3) is 2.93. The Balaban J connectivity index is 2.92. The second kappa shape index (κ2) is 5.13. The quantitative estimate of drug-likeness (QED) is 0.552. The van der Waals surface area contributed by atoms with E-state index in [1.54, 1.807) is 12.1 Å². The lowest BCUT2D eigenvalue weighted by molar-refractivity contribution is 0.103. The molecule has 0 bridgehead atoms. The van der Waals surface area contributed by atoms with E-state index in [4.69, 9.17) is 11.6 Å². The average molecular weight is 223 g/mol. The highest BCUT2D eigenvalue weighted by Gasteiger charge is 2.10. The van der Waals surface area contributed by atoms with Crippen molar-refractivity contribution >= 4 is 17.4 Å². The summed E-state index contributed by atoms with van der Waals surface area (Å²) < 4.78 is 0. The highest BCUT2D eigenvalue weighted by Crippen LogP contribution is 2.19. The molecule has 15 heavy (non-hydrogen) atoms. The maximum atomic E-state index is 11.8. The first kappa shape index (κ1) is 12.0. The van der Waals surface area contributed by atoms with Crippen molar-refractivity contribution in [2.75, 3.05) is 0 Å². The molecule has 1 aromatic rings. The molecule has 1 nitrogen and oxygen atoms in total. The van der Waals surface area contributed by atoms with Gasteiger partial charge in [-0.1, -0.05) is 43.7 Å². The van der Waals surface area contributed by atoms with Crippen LogP contribution in [0.3, 0.4) is 0 Å². The molecule has 0 aliphatic carbocycles. The van der Waals surface area contributed by atoms with E-state index in [2.05, 4.69) is 6.58 Å². The average Bonchev–Trinajstić information content (AvgIpc) is 2.21. The van der Waals surface area contributed by atoms with E-state index in [0.717, 1.165) is 18.4 Å². The summed E-state index contributed by atoms with van der Waals surface area (Å²) in [5.74, 6) is -0.00116. The summed E-state index contributed by atoms with van der Waals surface area (Å²) in [6.07, 6.45) is 1.68. The normalized spacial score (nSPS) is 10.1. The second-order valence-electron chi connectivity index (χ2n) is 3.65. The fourth-order valence-corrected chi connectivity index (χ4v) is 1.53. The molecule has 2 heteroatoms. The van der Waals surface area contributed by atoms with Gasteiger partial charge in [-0.05, 0) is 30.5 Å². The zero-order valence-corrected chi connectivity index (χ0v) is 9.90. The summed E-state index contributed by atoms with van der Waals surface area (Å²) >= 11 is 5.96. The predicted molar refractivity (Wildman–Crippen MR) is 64.6 cm³/mol. The number of carbonyl (C=O) groups excluding carboxylic acids is 1. The van der Waals surface area contributed by atoms with E-state index in [9.17, 15) is 4.79 Å². The van der Waals surface area contributed by atoms with Gasteiger partial charge in [-0.15, -0.1) is 0 Å². The van der Waals surface area contributed by atoms with Crippen molar-refractivity contribution in [3.8, 4) is 0 Å². The van der Waals surface area contributed by atoms with Crippen LogP contribution in [0.5, 0.6) is 0 Å². The summed E-state index contributed by atoms with van der Waals surface area (Å²) in [6.45, 7) is 7.72. The van der Waals surface area contributed by atoms with Crippen LogP contribution < -0.4 is 0 Å². The number of rotatable bonds is 4. The molecule has 0 aliphatic rings. The Morgan fingerprint density at radius 2 is 2.13 bits per heavy atom. The van der Waals surface area contributed by atoms with Gasteiger partial charge >= 0.3 is 0 Å². The molecule has 0 unspecified atom stereocenters. The molecule has 0 saturated heterocycles. The summed E-state index contributed by atoms with van der Waals surface area (Å²) in [6, 6.07) is 5.36. The SMILES string of the molecule is C=C(CCC)C(=O)c1ccc(C)c(Cl)c1. The van der Waals surface area contributed by atoms with Gasteiger partial charge in [0.25, 0.3) is 0 Å². The van der Waals surface area contributed by atoms with Crippen LogP contribution in [0, 0.1) is 6.92 Å². The van der Waals surface area contributed by atoms with Gasteiger partial charge in [-0.25, -0.2) is 0 Å². The third-order valence-electron chi connectivity index (χ3n) is 2.31. The number of aryl methyl sites for hydroxylation is 1. The lowest BCUT2D eigenvalue weighted by Crippen LogP contribution is -2.02. The van der Waals surface area contributed by atoms with Crippen LogP contribution in [0.15, 0.2) is 30.4 Å². The van der Waals surface area contributed by atoms with Crippen molar-refractivity contribution in [2.24, 2.45) is 0 Å². The zero-order chi connectivity index (χ0) is 11.4. The van der Waals surface area contributed by atoms with Crippen molar-refractivity contribution in [2.45, 2.75) is 26.7 Å². The lowest BCUT2D eigenvalue weighted by Gasteiger charge is -2.05. The van der Waals surface area contributed by atoms with E-state index in [1.807, 2.05) is 19.9 Å². The summed E-state index contributed by atoms with van der Waals surface area (Å²) in [4.78, 5) is 11.8. The molecule has 0 fully saturated rings. The smallest absolute Gasteiger partial charge is 0.188 e. The molecule has 1 aromatic carbocycles. The number of allylic oxidation sites excluding steroid dienone is 1. The molecule has 0 amide bonds. The molecule has 0 heterocycles. The van der Waals surface area contributed by atoms with Crippen molar-refractivity contribution in [1.82, 2.24) is 0 Å². The van der Waals surface area contributed by atoms with Gasteiger partial charge in [0.15, 0.2) is 5.78 Å². The fraction of sp³-hybridized carbons (Fsp3) is 0.308. The molecule has 0 atom stereocenters. The van der Waals surface area contributed by atoms with Crippen molar-refractivity contribution in [3.63, 3.8) is 0 Å². The highest BCUT2D eigenvalue weighted by atomic mass is 35.5. The van der Waals surface area contributed by atoms with Gasteiger partial charge < -0.3 is 0 Å². The van der Waals surface area contributed by atoms with E-state index < -0.39 is 0 Å². The number of hydrogen-bond acceptors (Lipinski definition) is 1. The Bertz CT molecular complexity index is 394. The number of halogens is 1. The number of benzene rings is 1. The number of Topliss-reactive ketones (excluding diaryl/α,β-unsaturated/α-hetero) is 1. The van der Waals surface area contributed by atoms with Crippen molar-refractivity contribution < 1.29 is 4.79 Å². The molecule has 0 N–H and O–H groups in total. The Kier molecular flexibility index (Phi) is 4.10. The van der Waals surface area contributed by atoms with Gasteiger partial charge in [0, 0.05) is 10.6 Å². The number of hydrogen-bond donors (Lipinski definition) is 0. The maximum absolute atomic E-state index is 11.8. The van der Waals surface area contributed by atoms with Crippen LogP contribution in [0.4, 0.5) is 0 Å². The summed E-state index contributed by atoms with van der Waals surface area (Å²) in [5, 5.41) is 0.630. The Hall–Kier alpha value is -1.08. The largest absolute Gasteiger partial charge is 0.289 e. The number of carbonyl (C=O) groups is 1. The topological polar surface area (TPSA) is 17.1 Å².